The van der Waals surface area contributed by atoms with Gasteiger partial charge in [-0.15, -0.1) is 0 Å². The van der Waals surface area contributed by atoms with Gasteiger partial charge in [-0.2, -0.15) is 0 Å². The van der Waals surface area contributed by atoms with Gasteiger partial charge in [-0.1, -0.05) is 20.8 Å². The lowest BCUT2D eigenvalue weighted by Crippen LogP contribution is -2.32. The van der Waals surface area contributed by atoms with Gasteiger partial charge in [0.25, 0.3) is 0 Å². The Morgan fingerprint density at radius 2 is 2.17 bits per heavy atom. The minimum atomic E-state index is 0.238. The van der Waals surface area contributed by atoms with E-state index in [1.54, 1.807) is 0 Å². The van der Waals surface area contributed by atoms with Gasteiger partial charge in [0.05, 0.1) is 13.2 Å². The van der Waals surface area contributed by atoms with Crippen LogP contribution < -0.4 is 5.32 Å². The molecule has 0 aromatic carbocycles. The van der Waals surface area contributed by atoms with Crippen molar-refractivity contribution in [3.63, 3.8) is 0 Å². The summed E-state index contributed by atoms with van der Waals surface area (Å²) in [6.07, 6.45) is 0. The van der Waals surface area contributed by atoms with Gasteiger partial charge in [0.2, 0.25) is 5.91 Å². The van der Waals surface area contributed by atoms with Crippen LogP contribution in [0.3, 0.4) is 0 Å². The Bertz CT molecular complexity index is 168. The average Bonchev–Trinajstić information content (AvgIpc) is 2.36. The molecule has 0 bridgehead atoms. The summed E-state index contributed by atoms with van der Waals surface area (Å²) in [7, 11) is 0. The van der Waals surface area contributed by atoms with Gasteiger partial charge >= 0.3 is 0 Å². The van der Waals surface area contributed by atoms with Crippen molar-refractivity contribution >= 4 is 5.91 Å². The van der Waals surface area contributed by atoms with Crippen molar-refractivity contribution in [3.8, 4) is 0 Å². The fraction of sp³-hybridized carbons (Fsp3) is 0.889. The Labute approximate surface area is 74.1 Å². The number of carbonyl (C=O) groups is 1. The van der Waals surface area contributed by atoms with Crippen LogP contribution in [0.2, 0.25) is 0 Å². The highest BCUT2D eigenvalue weighted by molar-refractivity contribution is 5.79. The molecule has 3 heteroatoms. The third-order valence-corrected chi connectivity index (χ3v) is 2.58. The molecule has 1 rings (SSSR count). The maximum atomic E-state index is 11.2. The van der Waals surface area contributed by atoms with E-state index in [9.17, 15) is 4.79 Å². The minimum Gasteiger partial charge on any atom is -0.329 e. The predicted octanol–water partition coefficient (Wildman–Crippen LogP) is 0.668. The van der Waals surface area contributed by atoms with Crippen LogP contribution in [0.5, 0.6) is 0 Å². The molecule has 0 radical (unpaired) electrons. The van der Waals surface area contributed by atoms with Crippen LogP contribution >= 0.6 is 0 Å². The van der Waals surface area contributed by atoms with Crippen molar-refractivity contribution in [2.75, 3.05) is 19.8 Å². The summed E-state index contributed by atoms with van der Waals surface area (Å²) in [4.78, 5) is 13.1. The quantitative estimate of drug-likeness (QED) is 0.675. The van der Waals surface area contributed by atoms with Gasteiger partial charge < -0.3 is 4.90 Å². The first-order valence-corrected chi connectivity index (χ1v) is 4.59. The molecule has 0 aromatic heterocycles. The topological polar surface area (TPSA) is 32.3 Å². The molecule has 0 saturated carbocycles. The Kier molecular flexibility index (Phi) is 3.09. The van der Waals surface area contributed by atoms with E-state index in [0.717, 1.165) is 13.2 Å². The second-order valence-electron chi connectivity index (χ2n) is 3.92. The fourth-order valence-electron chi connectivity index (χ4n) is 1.22. The van der Waals surface area contributed by atoms with E-state index in [0.29, 0.717) is 18.4 Å². The maximum absolute atomic E-state index is 11.2. The first-order valence-electron chi connectivity index (χ1n) is 4.59. The Morgan fingerprint density at radius 3 is 2.58 bits per heavy atom. The predicted molar refractivity (Wildman–Crippen MR) is 48.6 cm³/mol. The van der Waals surface area contributed by atoms with E-state index in [1.807, 2.05) is 4.90 Å². The SMILES string of the molecule is CC(C)C(C)CN1CNCC1=O. The fourth-order valence-corrected chi connectivity index (χ4v) is 1.22. The molecule has 1 atom stereocenters. The van der Waals surface area contributed by atoms with Crippen molar-refractivity contribution < 1.29 is 4.79 Å². The van der Waals surface area contributed by atoms with E-state index in [4.69, 9.17) is 0 Å². The van der Waals surface area contributed by atoms with E-state index in [2.05, 4.69) is 26.1 Å². The Morgan fingerprint density at radius 1 is 1.50 bits per heavy atom. The molecule has 70 valence electrons. The van der Waals surface area contributed by atoms with Crippen LogP contribution in [-0.4, -0.2) is 30.6 Å². The molecule has 1 amide bonds. The van der Waals surface area contributed by atoms with E-state index in [-0.39, 0.29) is 5.91 Å². The zero-order valence-corrected chi connectivity index (χ0v) is 8.13. The number of carbonyl (C=O) groups excluding carboxylic acids is 1. The highest BCUT2D eigenvalue weighted by Gasteiger charge is 2.21. The van der Waals surface area contributed by atoms with E-state index in [1.165, 1.54) is 0 Å². The second kappa shape index (κ2) is 3.90. The minimum absolute atomic E-state index is 0.238. The lowest BCUT2D eigenvalue weighted by Gasteiger charge is -2.22. The highest BCUT2D eigenvalue weighted by Crippen LogP contribution is 2.12. The van der Waals surface area contributed by atoms with Gasteiger partial charge in [-0.05, 0) is 11.8 Å². The van der Waals surface area contributed by atoms with Gasteiger partial charge in [0, 0.05) is 6.54 Å². The zero-order chi connectivity index (χ0) is 9.14. The van der Waals surface area contributed by atoms with E-state index < -0.39 is 0 Å². The standard InChI is InChI=1S/C9H18N2O/c1-7(2)8(3)5-11-6-10-4-9(11)12/h7-8,10H,4-6H2,1-3H3. The maximum Gasteiger partial charge on any atom is 0.237 e. The lowest BCUT2D eigenvalue weighted by atomic mass is 9.98. The van der Waals surface area contributed by atoms with Crippen molar-refractivity contribution in [2.45, 2.75) is 20.8 Å². The van der Waals surface area contributed by atoms with Crippen LogP contribution in [-0.2, 0) is 4.79 Å². The molecule has 1 heterocycles. The third kappa shape index (κ3) is 2.21. The van der Waals surface area contributed by atoms with Gasteiger partial charge in [-0.3, -0.25) is 10.1 Å². The number of nitrogens with one attached hydrogen (secondary N) is 1. The lowest BCUT2D eigenvalue weighted by molar-refractivity contribution is -0.127. The molecule has 0 aliphatic carbocycles. The number of amides is 1. The van der Waals surface area contributed by atoms with Gasteiger partial charge in [0.15, 0.2) is 0 Å². The Balaban J connectivity index is 2.35. The summed E-state index contributed by atoms with van der Waals surface area (Å²) in [5.41, 5.74) is 0. The van der Waals surface area contributed by atoms with Crippen molar-refractivity contribution in [3.05, 3.63) is 0 Å². The smallest absolute Gasteiger partial charge is 0.237 e. The summed E-state index contributed by atoms with van der Waals surface area (Å²) >= 11 is 0. The molecule has 0 aromatic rings. The second-order valence-corrected chi connectivity index (χ2v) is 3.92. The van der Waals surface area contributed by atoms with Crippen molar-refractivity contribution in [1.82, 2.24) is 10.2 Å². The summed E-state index contributed by atoms with van der Waals surface area (Å²) in [5.74, 6) is 1.48. The molecule has 0 spiro atoms. The molecule has 3 nitrogen and oxygen atoms in total. The molecular weight excluding hydrogens is 152 g/mol. The monoisotopic (exact) mass is 170 g/mol. The summed E-state index contributed by atoms with van der Waals surface area (Å²) in [6.45, 7) is 8.72. The molecule has 1 aliphatic heterocycles. The number of nitrogens with zero attached hydrogens (tertiary/aromatic N) is 1. The average molecular weight is 170 g/mol. The number of rotatable bonds is 3. The molecule has 1 unspecified atom stereocenters. The first-order chi connectivity index (χ1) is 5.61. The normalized spacial score (nSPS) is 20.7. The summed E-state index contributed by atoms with van der Waals surface area (Å²) in [6, 6.07) is 0. The van der Waals surface area contributed by atoms with Gasteiger partial charge in [-0.25, -0.2) is 0 Å². The first kappa shape index (κ1) is 9.52. The summed E-state index contributed by atoms with van der Waals surface area (Å²) < 4.78 is 0. The van der Waals surface area contributed by atoms with Crippen LogP contribution in [0.25, 0.3) is 0 Å². The molecule has 12 heavy (non-hydrogen) atoms. The van der Waals surface area contributed by atoms with Crippen LogP contribution in [0.15, 0.2) is 0 Å². The number of hydrogen-bond acceptors (Lipinski definition) is 2. The van der Waals surface area contributed by atoms with Crippen molar-refractivity contribution in [2.24, 2.45) is 11.8 Å². The molecule has 1 aliphatic rings. The zero-order valence-electron chi connectivity index (χ0n) is 8.13. The Hall–Kier alpha value is -0.570. The van der Waals surface area contributed by atoms with Crippen LogP contribution in [0, 0.1) is 11.8 Å². The highest BCUT2D eigenvalue weighted by atomic mass is 16.2. The molecular formula is C9H18N2O. The van der Waals surface area contributed by atoms with Crippen LogP contribution in [0.1, 0.15) is 20.8 Å². The largest absolute Gasteiger partial charge is 0.329 e. The molecule has 1 N–H and O–H groups in total. The molecule has 1 saturated heterocycles. The number of hydrogen-bond donors (Lipinski definition) is 1. The van der Waals surface area contributed by atoms with E-state index >= 15 is 0 Å². The third-order valence-electron chi connectivity index (χ3n) is 2.58. The van der Waals surface area contributed by atoms with Crippen LogP contribution in [0.4, 0.5) is 0 Å². The van der Waals surface area contributed by atoms with Gasteiger partial charge in [0.1, 0.15) is 0 Å². The van der Waals surface area contributed by atoms with Crippen molar-refractivity contribution in [1.29, 1.82) is 0 Å². The summed E-state index contributed by atoms with van der Waals surface area (Å²) in [5, 5.41) is 3.04. The molecule has 1 fully saturated rings.